The highest BCUT2D eigenvalue weighted by Crippen LogP contribution is 2.07. The second kappa shape index (κ2) is 5.66. The van der Waals surface area contributed by atoms with Crippen molar-refractivity contribution in [3.8, 4) is 0 Å². The summed E-state index contributed by atoms with van der Waals surface area (Å²) in [5, 5.41) is 2.41. The number of imidazole rings is 1. The molecule has 0 atom stereocenters. The number of hydrogen-bond acceptors (Lipinski definition) is 4. The van der Waals surface area contributed by atoms with Crippen molar-refractivity contribution < 1.29 is 4.79 Å². The third kappa shape index (κ3) is 3.00. The van der Waals surface area contributed by atoms with Crippen molar-refractivity contribution in [1.82, 2.24) is 19.5 Å². The van der Waals surface area contributed by atoms with Crippen LogP contribution in [0.25, 0.3) is 11.2 Å². The molecule has 1 amide bonds. The van der Waals surface area contributed by atoms with Gasteiger partial charge in [-0.3, -0.25) is 19.9 Å². The number of carbonyl (C=O) groups is 1. The van der Waals surface area contributed by atoms with E-state index in [9.17, 15) is 9.59 Å². The van der Waals surface area contributed by atoms with Gasteiger partial charge in [0.1, 0.15) is 0 Å². The van der Waals surface area contributed by atoms with Crippen molar-refractivity contribution in [3.05, 3.63) is 28.8 Å². The first-order valence-electron chi connectivity index (χ1n) is 5.55. The van der Waals surface area contributed by atoms with Crippen molar-refractivity contribution in [2.75, 3.05) is 11.2 Å². The van der Waals surface area contributed by atoms with Crippen LogP contribution in [0.2, 0.25) is 0 Å². The van der Waals surface area contributed by atoms with Crippen LogP contribution in [0.4, 0.5) is 5.95 Å². The standard InChI is InChI=1S/C11H12ClN5O2/c1-7(18)14-11-15-9-8(10(19)16-11)17(6-13-9)5-3-2-4-12/h2-3,6H,4-5H2,1H3,(H2,14,15,16,18,19). The topological polar surface area (TPSA) is 92.7 Å². The number of carbonyl (C=O) groups excluding carboxylic acids is 1. The molecule has 2 N–H and O–H groups in total. The Morgan fingerprint density at radius 1 is 1.58 bits per heavy atom. The van der Waals surface area contributed by atoms with E-state index in [0.29, 0.717) is 17.9 Å². The number of H-pyrrole nitrogens is 1. The molecule has 2 aromatic heterocycles. The highest BCUT2D eigenvalue weighted by molar-refractivity contribution is 6.18. The first-order chi connectivity index (χ1) is 9.11. The summed E-state index contributed by atoms with van der Waals surface area (Å²) >= 11 is 5.53. The van der Waals surface area contributed by atoms with Gasteiger partial charge >= 0.3 is 0 Å². The van der Waals surface area contributed by atoms with E-state index in [1.807, 2.05) is 6.08 Å². The number of nitrogens with zero attached hydrogens (tertiary/aromatic N) is 3. The summed E-state index contributed by atoms with van der Waals surface area (Å²) in [5.74, 6) is 0.187. The van der Waals surface area contributed by atoms with Gasteiger partial charge in [0.05, 0.1) is 6.33 Å². The average Bonchev–Trinajstić information content (AvgIpc) is 2.72. The highest BCUT2D eigenvalue weighted by atomic mass is 35.5. The van der Waals surface area contributed by atoms with E-state index in [4.69, 9.17) is 11.6 Å². The molecule has 0 spiro atoms. The van der Waals surface area contributed by atoms with Gasteiger partial charge in [0, 0.05) is 19.3 Å². The minimum absolute atomic E-state index is 0.0894. The third-order valence-electron chi connectivity index (χ3n) is 2.34. The number of halogens is 1. The summed E-state index contributed by atoms with van der Waals surface area (Å²) in [7, 11) is 0. The largest absolute Gasteiger partial charge is 0.321 e. The lowest BCUT2D eigenvalue weighted by molar-refractivity contribution is -0.114. The van der Waals surface area contributed by atoms with Crippen molar-refractivity contribution in [1.29, 1.82) is 0 Å². The number of hydrogen-bond donors (Lipinski definition) is 2. The number of alkyl halides is 1. The van der Waals surface area contributed by atoms with Gasteiger partial charge in [0.15, 0.2) is 11.2 Å². The monoisotopic (exact) mass is 281 g/mol. The molecule has 2 aromatic rings. The minimum Gasteiger partial charge on any atom is -0.321 e. The van der Waals surface area contributed by atoms with Gasteiger partial charge in [0.25, 0.3) is 5.56 Å². The van der Waals surface area contributed by atoms with Crippen LogP contribution in [-0.4, -0.2) is 31.3 Å². The molecule has 0 aliphatic heterocycles. The average molecular weight is 282 g/mol. The number of amides is 1. The minimum atomic E-state index is -0.356. The molecule has 8 heteroatoms. The summed E-state index contributed by atoms with van der Waals surface area (Å²) in [6.07, 6.45) is 5.12. The molecule has 0 bridgehead atoms. The molecular formula is C11H12ClN5O2. The third-order valence-corrected chi connectivity index (χ3v) is 2.51. The molecule has 0 aliphatic rings. The Balaban J connectivity index is 2.41. The van der Waals surface area contributed by atoms with Gasteiger partial charge < -0.3 is 4.57 Å². The molecule has 0 aliphatic carbocycles. The van der Waals surface area contributed by atoms with Crippen LogP contribution < -0.4 is 10.9 Å². The Morgan fingerprint density at radius 2 is 2.37 bits per heavy atom. The van der Waals surface area contributed by atoms with Crippen LogP contribution in [0.3, 0.4) is 0 Å². The number of aromatic amines is 1. The van der Waals surface area contributed by atoms with Gasteiger partial charge in [-0.15, -0.1) is 11.6 Å². The predicted octanol–water partition coefficient (Wildman–Crippen LogP) is 0.873. The highest BCUT2D eigenvalue weighted by Gasteiger charge is 2.10. The van der Waals surface area contributed by atoms with Gasteiger partial charge in [-0.05, 0) is 0 Å². The molecule has 0 fully saturated rings. The molecule has 19 heavy (non-hydrogen) atoms. The van der Waals surface area contributed by atoms with Gasteiger partial charge in [-0.1, -0.05) is 12.2 Å². The van der Waals surface area contributed by atoms with E-state index in [1.54, 1.807) is 10.6 Å². The van der Waals surface area contributed by atoms with E-state index in [-0.39, 0.29) is 23.1 Å². The maximum absolute atomic E-state index is 11.9. The van der Waals surface area contributed by atoms with Crippen molar-refractivity contribution in [2.45, 2.75) is 13.5 Å². The number of nitrogens with one attached hydrogen (secondary N) is 2. The smallest absolute Gasteiger partial charge is 0.278 e. The summed E-state index contributed by atoms with van der Waals surface area (Å²) in [5.41, 5.74) is 0.283. The number of rotatable bonds is 4. The lowest BCUT2D eigenvalue weighted by Gasteiger charge is -2.01. The zero-order valence-electron chi connectivity index (χ0n) is 10.2. The SMILES string of the molecule is CC(=O)Nc1nc2ncn(CC=CCCl)c2c(=O)[nH]1. The molecule has 0 aromatic carbocycles. The Labute approximate surface area is 113 Å². The van der Waals surface area contributed by atoms with Crippen molar-refractivity contribution in [3.63, 3.8) is 0 Å². The van der Waals surface area contributed by atoms with Crippen LogP contribution in [-0.2, 0) is 11.3 Å². The van der Waals surface area contributed by atoms with E-state index < -0.39 is 0 Å². The van der Waals surface area contributed by atoms with Gasteiger partial charge in [-0.25, -0.2) is 4.98 Å². The molecule has 0 unspecified atom stereocenters. The second-order valence-corrected chi connectivity index (χ2v) is 4.10. The summed E-state index contributed by atoms with van der Waals surface area (Å²) in [6.45, 7) is 1.81. The van der Waals surface area contributed by atoms with Crippen molar-refractivity contribution >= 4 is 34.6 Å². The predicted molar refractivity (Wildman–Crippen MR) is 72.3 cm³/mol. The molecule has 2 heterocycles. The van der Waals surface area contributed by atoms with Crippen LogP contribution >= 0.6 is 11.6 Å². The maximum atomic E-state index is 11.9. The fraction of sp³-hybridized carbons (Fsp3) is 0.273. The fourth-order valence-electron chi connectivity index (χ4n) is 1.60. The van der Waals surface area contributed by atoms with E-state index >= 15 is 0 Å². The summed E-state index contributed by atoms with van der Waals surface area (Å²) < 4.78 is 1.65. The maximum Gasteiger partial charge on any atom is 0.278 e. The van der Waals surface area contributed by atoms with Crippen molar-refractivity contribution in [2.24, 2.45) is 0 Å². The molecule has 7 nitrogen and oxygen atoms in total. The quantitative estimate of drug-likeness (QED) is 0.642. The first-order valence-corrected chi connectivity index (χ1v) is 6.09. The van der Waals surface area contributed by atoms with E-state index in [2.05, 4.69) is 20.3 Å². The zero-order valence-corrected chi connectivity index (χ0v) is 10.9. The molecule has 0 saturated carbocycles. The molecule has 0 saturated heterocycles. The Bertz CT molecular complexity index is 688. The van der Waals surface area contributed by atoms with Gasteiger partial charge in [0.2, 0.25) is 11.9 Å². The summed E-state index contributed by atoms with van der Waals surface area (Å²) in [6, 6.07) is 0. The lowest BCUT2D eigenvalue weighted by Crippen LogP contribution is -2.17. The van der Waals surface area contributed by atoms with Crippen LogP contribution in [0.15, 0.2) is 23.3 Å². The Hall–Kier alpha value is -2.15. The number of aromatic nitrogens is 4. The van der Waals surface area contributed by atoms with E-state index in [1.165, 1.54) is 13.3 Å². The van der Waals surface area contributed by atoms with Crippen LogP contribution in [0, 0.1) is 0 Å². The first kappa shape index (κ1) is 13.3. The van der Waals surface area contributed by atoms with Crippen LogP contribution in [0.5, 0.6) is 0 Å². The molecule has 0 radical (unpaired) electrons. The van der Waals surface area contributed by atoms with E-state index in [0.717, 1.165) is 0 Å². The number of fused-ring (bicyclic) bond motifs is 1. The Morgan fingerprint density at radius 3 is 3.05 bits per heavy atom. The van der Waals surface area contributed by atoms with Crippen LogP contribution in [0.1, 0.15) is 6.92 Å². The number of allylic oxidation sites excluding steroid dienone is 2. The fourth-order valence-corrected chi connectivity index (χ4v) is 1.73. The number of anilines is 1. The molecular weight excluding hydrogens is 270 g/mol. The lowest BCUT2D eigenvalue weighted by atomic mass is 10.4. The normalized spacial score (nSPS) is 11.3. The molecule has 2 rings (SSSR count). The molecule has 100 valence electrons. The zero-order chi connectivity index (χ0) is 13.8. The van der Waals surface area contributed by atoms with Gasteiger partial charge in [-0.2, -0.15) is 4.98 Å². The Kier molecular flexibility index (Phi) is 3.96. The summed E-state index contributed by atoms with van der Waals surface area (Å²) in [4.78, 5) is 33.4. The second-order valence-electron chi connectivity index (χ2n) is 3.79.